The molecule has 1 saturated heterocycles. The summed E-state index contributed by atoms with van der Waals surface area (Å²) < 4.78 is 13.3. The Balaban J connectivity index is 1.49. The molecule has 25 heavy (non-hydrogen) atoms. The first-order valence-electron chi connectivity index (χ1n) is 8.65. The standard InChI is InChI=1S/C20H20FN3O/c21-17-6-5-16-10-19(23-18(16)11-17)20(25)24-8-2-4-15(13-24)9-14-3-1-7-22-12-14/h1,3,5-7,10-12,15,23H,2,4,8-9,13H2. The summed E-state index contributed by atoms with van der Waals surface area (Å²) in [7, 11) is 0. The predicted molar refractivity (Wildman–Crippen MR) is 94.8 cm³/mol. The number of nitrogens with one attached hydrogen (secondary N) is 1. The highest BCUT2D eigenvalue weighted by atomic mass is 19.1. The van der Waals surface area contributed by atoms with Gasteiger partial charge in [-0.3, -0.25) is 9.78 Å². The van der Waals surface area contributed by atoms with E-state index in [9.17, 15) is 9.18 Å². The van der Waals surface area contributed by atoms with Crippen LogP contribution in [0, 0.1) is 11.7 Å². The third-order valence-electron chi connectivity index (χ3n) is 4.87. The highest BCUT2D eigenvalue weighted by Gasteiger charge is 2.25. The van der Waals surface area contributed by atoms with Gasteiger partial charge in [-0.25, -0.2) is 4.39 Å². The molecule has 128 valence electrons. The summed E-state index contributed by atoms with van der Waals surface area (Å²) in [4.78, 5) is 22.0. The van der Waals surface area contributed by atoms with Gasteiger partial charge in [0.15, 0.2) is 0 Å². The number of nitrogens with zero attached hydrogens (tertiary/aromatic N) is 2. The Hall–Kier alpha value is -2.69. The minimum atomic E-state index is -0.303. The molecule has 4 rings (SSSR count). The third-order valence-corrected chi connectivity index (χ3v) is 4.87. The number of rotatable bonds is 3. The highest BCUT2D eigenvalue weighted by Crippen LogP contribution is 2.23. The molecule has 3 aromatic rings. The number of likely N-dealkylation sites (tertiary alicyclic amines) is 1. The molecular weight excluding hydrogens is 317 g/mol. The van der Waals surface area contributed by atoms with Crippen molar-refractivity contribution < 1.29 is 9.18 Å². The average molecular weight is 337 g/mol. The first-order valence-corrected chi connectivity index (χ1v) is 8.65. The van der Waals surface area contributed by atoms with E-state index in [2.05, 4.69) is 16.0 Å². The van der Waals surface area contributed by atoms with Gasteiger partial charge < -0.3 is 9.88 Å². The Morgan fingerprint density at radius 1 is 1.32 bits per heavy atom. The Morgan fingerprint density at radius 3 is 3.08 bits per heavy atom. The lowest BCUT2D eigenvalue weighted by Crippen LogP contribution is -2.40. The molecule has 0 bridgehead atoms. The van der Waals surface area contributed by atoms with Crippen LogP contribution < -0.4 is 0 Å². The Kier molecular flexibility index (Phi) is 4.22. The van der Waals surface area contributed by atoms with Crippen molar-refractivity contribution in [2.75, 3.05) is 13.1 Å². The molecule has 2 aromatic heterocycles. The Morgan fingerprint density at radius 2 is 2.24 bits per heavy atom. The molecule has 0 saturated carbocycles. The van der Waals surface area contributed by atoms with Crippen LogP contribution in [0.2, 0.25) is 0 Å². The maximum absolute atomic E-state index is 13.3. The average Bonchev–Trinajstić information content (AvgIpc) is 3.05. The van der Waals surface area contributed by atoms with Crippen molar-refractivity contribution in [1.29, 1.82) is 0 Å². The summed E-state index contributed by atoms with van der Waals surface area (Å²) in [6.45, 7) is 1.52. The second-order valence-corrected chi connectivity index (χ2v) is 6.74. The van der Waals surface area contributed by atoms with Gasteiger partial charge in [-0.05, 0) is 61.1 Å². The minimum Gasteiger partial charge on any atom is -0.350 e. The first-order chi connectivity index (χ1) is 12.2. The molecule has 3 heterocycles. The van der Waals surface area contributed by atoms with Gasteiger partial charge in [0.2, 0.25) is 0 Å². The van der Waals surface area contributed by atoms with Crippen molar-refractivity contribution in [3.63, 3.8) is 0 Å². The number of hydrogen-bond donors (Lipinski definition) is 1. The quantitative estimate of drug-likeness (QED) is 0.790. The van der Waals surface area contributed by atoms with Crippen molar-refractivity contribution >= 4 is 16.8 Å². The first kappa shape index (κ1) is 15.8. The summed E-state index contributed by atoms with van der Waals surface area (Å²) in [5.41, 5.74) is 2.40. The number of H-pyrrole nitrogens is 1. The molecule has 1 aliphatic rings. The number of aromatic amines is 1. The molecule has 0 aliphatic carbocycles. The van der Waals surface area contributed by atoms with Gasteiger partial charge in [0.25, 0.3) is 5.91 Å². The van der Waals surface area contributed by atoms with E-state index < -0.39 is 0 Å². The normalized spacial score (nSPS) is 17.8. The van der Waals surface area contributed by atoms with E-state index in [0.29, 0.717) is 17.1 Å². The van der Waals surface area contributed by atoms with E-state index in [4.69, 9.17) is 0 Å². The summed E-state index contributed by atoms with van der Waals surface area (Å²) >= 11 is 0. The van der Waals surface area contributed by atoms with Crippen molar-refractivity contribution in [1.82, 2.24) is 14.9 Å². The smallest absolute Gasteiger partial charge is 0.270 e. The summed E-state index contributed by atoms with van der Waals surface area (Å²) in [5, 5.41) is 0.855. The third kappa shape index (κ3) is 3.40. The van der Waals surface area contributed by atoms with Gasteiger partial charge in [0.05, 0.1) is 0 Å². The minimum absolute atomic E-state index is 0.00695. The molecule has 1 amide bonds. The molecule has 5 heteroatoms. The highest BCUT2D eigenvalue weighted by molar-refractivity contribution is 5.98. The number of hydrogen-bond acceptors (Lipinski definition) is 2. The van der Waals surface area contributed by atoms with E-state index in [0.717, 1.165) is 37.7 Å². The molecule has 0 spiro atoms. The molecule has 1 aromatic carbocycles. The van der Waals surface area contributed by atoms with Crippen LogP contribution >= 0.6 is 0 Å². The summed E-state index contributed by atoms with van der Waals surface area (Å²) in [5.74, 6) is 0.138. The van der Waals surface area contributed by atoms with Crippen LogP contribution in [0.4, 0.5) is 4.39 Å². The van der Waals surface area contributed by atoms with Gasteiger partial charge in [-0.2, -0.15) is 0 Å². The SMILES string of the molecule is O=C(c1cc2ccc(F)cc2[nH]1)N1CCCC(Cc2cccnc2)C1. The van der Waals surface area contributed by atoms with Crippen molar-refractivity contribution in [2.24, 2.45) is 5.92 Å². The van der Waals surface area contributed by atoms with Crippen LogP contribution in [0.3, 0.4) is 0 Å². The number of carbonyl (C=O) groups excluding carboxylic acids is 1. The van der Waals surface area contributed by atoms with Crippen molar-refractivity contribution in [2.45, 2.75) is 19.3 Å². The van der Waals surface area contributed by atoms with E-state index >= 15 is 0 Å². The van der Waals surface area contributed by atoms with E-state index in [1.807, 2.05) is 23.2 Å². The van der Waals surface area contributed by atoms with Gasteiger partial charge in [-0.15, -0.1) is 0 Å². The summed E-state index contributed by atoms with van der Waals surface area (Å²) in [6, 6.07) is 10.4. The number of aromatic nitrogens is 2. The van der Waals surface area contributed by atoms with Crippen LogP contribution in [0.15, 0.2) is 48.8 Å². The molecule has 1 aliphatic heterocycles. The fraction of sp³-hybridized carbons (Fsp3) is 0.300. The van der Waals surface area contributed by atoms with Gasteiger partial charge in [0, 0.05) is 36.4 Å². The molecule has 0 radical (unpaired) electrons. The number of benzene rings is 1. The second kappa shape index (κ2) is 6.67. The monoisotopic (exact) mass is 337 g/mol. The van der Waals surface area contributed by atoms with Crippen LogP contribution in [0.1, 0.15) is 28.9 Å². The molecule has 4 nitrogen and oxygen atoms in total. The van der Waals surface area contributed by atoms with E-state index in [1.165, 1.54) is 17.7 Å². The number of halogens is 1. The lowest BCUT2D eigenvalue weighted by molar-refractivity contribution is 0.0668. The lowest BCUT2D eigenvalue weighted by Gasteiger charge is -2.32. The largest absolute Gasteiger partial charge is 0.350 e. The van der Waals surface area contributed by atoms with Crippen molar-refractivity contribution in [3.05, 3.63) is 65.9 Å². The maximum Gasteiger partial charge on any atom is 0.270 e. The summed E-state index contributed by atoms with van der Waals surface area (Å²) in [6.07, 6.45) is 6.74. The Labute approximate surface area is 145 Å². The van der Waals surface area contributed by atoms with Crippen LogP contribution in [-0.4, -0.2) is 33.9 Å². The van der Waals surface area contributed by atoms with Crippen LogP contribution in [-0.2, 0) is 6.42 Å². The molecule has 1 unspecified atom stereocenters. The zero-order valence-corrected chi connectivity index (χ0v) is 13.9. The zero-order valence-electron chi connectivity index (χ0n) is 13.9. The van der Waals surface area contributed by atoms with Crippen LogP contribution in [0.5, 0.6) is 0 Å². The number of fused-ring (bicyclic) bond motifs is 1. The predicted octanol–water partition coefficient (Wildman–Crippen LogP) is 3.80. The fourth-order valence-electron chi connectivity index (χ4n) is 3.65. The number of carbonyl (C=O) groups is 1. The Bertz CT molecular complexity index is 890. The second-order valence-electron chi connectivity index (χ2n) is 6.74. The van der Waals surface area contributed by atoms with Gasteiger partial charge in [-0.1, -0.05) is 6.07 Å². The topological polar surface area (TPSA) is 49.0 Å². The van der Waals surface area contributed by atoms with E-state index in [1.54, 1.807) is 12.3 Å². The lowest BCUT2D eigenvalue weighted by atomic mass is 9.92. The number of piperidine rings is 1. The van der Waals surface area contributed by atoms with Gasteiger partial charge >= 0.3 is 0 Å². The van der Waals surface area contributed by atoms with Crippen molar-refractivity contribution in [3.8, 4) is 0 Å². The number of amides is 1. The molecule has 1 fully saturated rings. The molecule has 1 N–H and O–H groups in total. The molecular formula is C20H20FN3O. The number of pyridine rings is 1. The van der Waals surface area contributed by atoms with E-state index in [-0.39, 0.29) is 11.7 Å². The maximum atomic E-state index is 13.3. The van der Waals surface area contributed by atoms with Crippen LogP contribution in [0.25, 0.3) is 10.9 Å². The molecule has 1 atom stereocenters. The fourth-order valence-corrected chi connectivity index (χ4v) is 3.65. The van der Waals surface area contributed by atoms with Gasteiger partial charge in [0.1, 0.15) is 11.5 Å². The zero-order chi connectivity index (χ0) is 17.2.